The molecule has 0 heterocycles. The summed E-state index contributed by atoms with van der Waals surface area (Å²) in [7, 11) is -3.28. The Bertz CT molecular complexity index is 106. The van der Waals surface area contributed by atoms with Gasteiger partial charge in [-0.1, -0.05) is 6.08 Å². The van der Waals surface area contributed by atoms with Crippen molar-refractivity contribution in [2.75, 3.05) is 6.16 Å². The number of allylic oxidation sites excluding steroid dienone is 1. The van der Waals surface area contributed by atoms with E-state index < -0.39 is 7.52 Å². The Morgan fingerprint density at radius 3 is 2.43 bits per heavy atom. The van der Waals surface area contributed by atoms with Gasteiger partial charge in [0.25, 0.3) is 7.52 Å². The average Bonchev–Trinajstić information content (AvgIpc) is 1.30. The normalized spacial score (nSPS) is 18.0. The van der Waals surface area contributed by atoms with Crippen molar-refractivity contribution in [3.8, 4) is 0 Å². The molecule has 0 fully saturated rings. The van der Waals surface area contributed by atoms with E-state index in [2.05, 4.69) is 12.1 Å². The van der Waals surface area contributed by atoms with Gasteiger partial charge in [0.2, 0.25) is 0 Å². The molecule has 0 saturated carbocycles. The predicted octanol–water partition coefficient (Wildman–Crippen LogP) is 0.317. The highest BCUT2D eigenvalue weighted by molar-refractivity contribution is 7.55. The molecule has 7 heavy (non-hydrogen) atoms. The second-order valence-electron chi connectivity index (χ2n) is 1.23. The topological polar surface area (TPSA) is 63.3 Å². The third kappa shape index (κ3) is 5.89. The summed E-state index contributed by atoms with van der Waals surface area (Å²) in [4.78, 5) is 8.28. The molecule has 0 rings (SSSR count). The van der Waals surface area contributed by atoms with Gasteiger partial charge in [-0.15, -0.1) is 6.58 Å². The van der Waals surface area contributed by atoms with Crippen molar-refractivity contribution in [1.29, 1.82) is 0 Å². The van der Waals surface area contributed by atoms with Crippen LogP contribution in [0.2, 0.25) is 0 Å². The molecule has 1 unspecified atom stereocenters. The first-order valence-corrected chi connectivity index (χ1v) is 3.69. The highest BCUT2D eigenvalue weighted by Gasteiger charge is 2.04. The van der Waals surface area contributed by atoms with Crippen LogP contribution in [0.3, 0.4) is 0 Å². The van der Waals surface area contributed by atoms with Gasteiger partial charge in [0.05, 0.1) is 6.16 Å². The van der Waals surface area contributed by atoms with Crippen LogP contribution in [-0.2, 0) is 4.57 Å². The summed E-state index contributed by atoms with van der Waals surface area (Å²) in [5.41, 5.74) is 4.69. The zero-order chi connectivity index (χ0) is 5.91. The Morgan fingerprint density at radius 1 is 2.00 bits per heavy atom. The van der Waals surface area contributed by atoms with Crippen molar-refractivity contribution in [3.63, 3.8) is 0 Å². The summed E-state index contributed by atoms with van der Waals surface area (Å²) < 4.78 is 10.1. The minimum atomic E-state index is -3.28. The van der Waals surface area contributed by atoms with Gasteiger partial charge in [0.1, 0.15) is 0 Å². The first-order chi connectivity index (χ1) is 3.06. The molecular weight excluding hydrogens is 113 g/mol. The molecule has 0 spiro atoms. The summed E-state index contributed by atoms with van der Waals surface area (Å²) >= 11 is 0. The van der Waals surface area contributed by atoms with E-state index in [-0.39, 0.29) is 6.16 Å². The van der Waals surface area contributed by atoms with Crippen LogP contribution in [-0.4, -0.2) is 11.1 Å². The number of hydrogen-bond donors (Lipinski definition) is 2. The molecule has 3 nitrogen and oxygen atoms in total. The first-order valence-electron chi connectivity index (χ1n) is 1.77. The lowest BCUT2D eigenvalue weighted by Crippen LogP contribution is -1.94. The van der Waals surface area contributed by atoms with Gasteiger partial charge < -0.3 is 4.89 Å². The minimum absolute atomic E-state index is 0.00694. The Morgan fingerprint density at radius 2 is 2.43 bits per heavy atom. The van der Waals surface area contributed by atoms with E-state index in [1.807, 2.05) is 0 Å². The predicted molar refractivity (Wildman–Crippen MR) is 29.1 cm³/mol. The lowest BCUT2D eigenvalue weighted by Gasteiger charge is -1.95. The monoisotopic (exact) mass is 121 g/mol. The lowest BCUT2D eigenvalue weighted by molar-refractivity contribution is 0.483. The number of hydrogen-bond acceptors (Lipinski definition) is 1. The maximum absolute atomic E-state index is 10.1. The molecular formula is C3H8NO2P. The standard InChI is InChI=1S/C3H8NO2P/c1-2-3-7(4,5)6/h2H,1,3H2,(H3,4,5,6). The molecule has 0 radical (unpaired) electrons. The van der Waals surface area contributed by atoms with Crippen LogP contribution in [0.25, 0.3) is 0 Å². The molecule has 1 atom stereocenters. The molecule has 0 aromatic rings. The van der Waals surface area contributed by atoms with E-state index in [9.17, 15) is 4.57 Å². The molecule has 3 N–H and O–H groups in total. The van der Waals surface area contributed by atoms with Crippen molar-refractivity contribution in [2.45, 2.75) is 0 Å². The van der Waals surface area contributed by atoms with Crippen LogP contribution in [0.4, 0.5) is 0 Å². The van der Waals surface area contributed by atoms with Gasteiger partial charge in [0, 0.05) is 0 Å². The largest absolute Gasteiger partial charge is 0.333 e. The molecule has 4 heteroatoms. The van der Waals surface area contributed by atoms with Crippen molar-refractivity contribution < 1.29 is 9.46 Å². The fourth-order valence-corrected chi connectivity index (χ4v) is 0.555. The van der Waals surface area contributed by atoms with Gasteiger partial charge in [-0.05, 0) is 0 Å². The quantitative estimate of drug-likeness (QED) is 0.408. The summed E-state index contributed by atoms with van der Waals surface area (Å²) in [6.45, 7) is 3.23. The first kappa shape index (κ1) is 6.89. The van der Waals surface area contributed by atoms with Gasteiger partial charge in [-0.25, -0.2) is 0 Å². The molecule has 0 aromatic heterocycles. The Kier molecular flexibility index (Phi) is 2.23. The van der Waals surface area contributed by atoms with Crippen LogP contribution < -0.4 is 5.50 Å². The average molecular weight is 121 g/mol. The molecule has 42 valence electrons. The van der Waals surface area contributed by atoms with Gasteiger partial charge >= 0.3 is 0 Å². The molecule has 0 aliphatic rings. The van der Waals surface area contributed by atoms with Crippen LogP contribution in [0, 0.1) is 0 Å². The van der Waals surface area contributed by atoms with Gasteiger partial charge in [-0.2, -0.15) is 0 Å². The smallest absolute Gasteiger partial charge is 0.268 e. The van der Waals surface area contributed by atoms with E-state index in [1.54, 1.807) is 0 Å². The maximum Gasteiger partial charge on any atom is 0.268 e. The molecule has 0 aliphatic heterocycles. The summed E-state index contributed by atoms with van der Waals surface area (Å²) in [5.74, 6) is 0. The number of nitrogens with two attached hydrogens (primary N) is 1. The molecule has 0 amide bonds. The van der Waals surface area contributed by atoms with E-state index in [1.165, 1.54) is 6.08 Å². The van der Waals surface area contributed by atoms with Crippen molar-refractivity contribution >= 4 is 7.52 Å². The fourth-order valence-electron chi connectivity index (χ4n) is 0.185. The van der Waals surface area contributed by atoms with Crippen LogP contribution in [0.5, 0.6) is 0 Å². The summed E-state index contributed by atoms with van der Waals surface area (Å²) in [5, 5.41) is 0. The van der Waals surface area contributed by atoms with E-state index in [0.717, 1.165) is 0 Å². The lowest BCUT2D eigenvalue weighted by atomic mass is 10.8. The summed E-state index contributed by atoms with van der Waals surface area (Å²) in [6.07, 6.45) is 1.31. The molecule has 0 saturated heterocycles. The Hall–Kier alpha value is -0.110. The minimum Gasteiger partial charge on any atom is -0.333 e. The van der Waals surface area contributed by atoms with Crippen LogP contribution >= 0.6 is 7.52 Å². The maximum atomic E-state index is 10.1. The zero-order valence-corrected chi connectivity index (χ0v) is 4.77. The van der Waals surface area contributed by atoms with Crippen LogP contribution in [0.15, 0.2) is 12.7 Å². The zero-order valence-electron chi connectivity index (χ0n) is 3.87. The highest BCUT2D eigenvalue weighted by atomic mass is 31.2. The fraction of sp³-hybridized carbons (Fsp3) is 0.333. The highest BCUT2D eigenvalue weighted by Crippen LogP contribution is 2.28. The van der Waals surface area contributed by atoms with E-state index >= 15 is 0 Å². The van der Waals surface area contributed by atoms with Gasteiger partial charge in [0.15, 0.2) is 0 Å². The Balaban J connectivity index is 3.57. The van der Waals surface area contributed by atoms with Gasteiger partial charge in [-0.3, -0.25) is 10.1 Å². The van der Waals surface area contributed by atoms with Crippen molar-refractivity contribution in [2.24, 2.45) is 5.50 Å². The molecule has 0 aliphatic carbocycles. The second kappa shape index (κ2) is 2.26. The third-order valence-corrected chi connectivity index (χ3v) is 1.17. The molecule has 0 aromatic carbocycles. The van der Waals surface area contributed by atoms with Crippen molar-refractivity contribution in [1.82, 2.24) is 0 Å². The summed E-state index contributed by atoms with van der Waals surface area (Å²) in [6, 6.07) is 0. The molecule has 0 bridgehead atoms. The van der Waals surface area contributed by atoms with Crippen LogP contribution in [0.1, 0.15) is 0 Å². The second-order valence-corrected chi connectivity index (χ2v) is 3.10. The number of rotatable bonds is 2. The third-order valence-electron chi connectivity index (χ3n) is 0.391. The van der Waals surface area contributed by atoms with Crippen molar-refractivity contribution in [3.05, 3.63) is 12.7 Å². The SMILES string of the molecule is C=CCP(N)(=O)O. The van der Waals surface area contributed by atoms with E-state index in [0.29, 0.717) is 0 Å². The Labute approximate surface area is 42.3 Å². The van der Waals surface area contributed by atoms with E-state index in [4.69, 9.17) is 4.89 Å².